The molecule has 0 aliphatic carbocycles. The highest BCUT2D eigenvalue weighted by molar-refractivity contribution is 9.12. The molecule has 2 aromatic rings. The summed E-state index contributed by atoms with van der Waals surface area (Å²) in [6.45, 7) is 0. The van der Waals surface area contributed by atoms with Gasteiger partial charge < -0.3 is 5.11 Å². The molecule has 2 aromatic heterocycles. The number of hydrogen-bond donors (Lipinski definition) is 1. The van der Waals surface area contributed by atoms with E-state index in [1.54, 1.807) is 6.07 Å². The van der Waals surface area contributed by atoms with Crippen molar-refractivity contribution in [1.82, 2.24) is 0 Å². The van der Waals surface area contributed by atoms with E-state index in [9.17, 15) is 5.11 Å². The van der Waals surface area contributed by atoms with Crippen LogP contribution in [0.5, 0.6) is 0 Å². The smallest absolute Gasteiger partial charge is 0.108 e. The molecule has 0 bridgehead atoms. The summed E-state index contributed by atoms with van der Waals surface area (Å²) in [6, 6.07) is 3.55. The van der Waals surface area contributed by atoms with Gasteiger partial charge in [-0.05, 0) is 44.0 Å². The fourth-order valence-corrected chi connectivity index (χ4v) is 5.65. The Morgan fingerprint density at radius 3 is 2.25 bits per heavy atom. The highest BCUT2D eigenvalue weighted by Gasteiger charge is 2.20. The molecule has 7 heteroatoms. The van der Waals surface area contributed by atoms with Gasteiger partial charge in [-0.25, -0.2) is 0 Å². The Kier molecular flexibility index (Phi) is 4.39. The summed E-state index contributed by atoms with van der Waals surface area (Å²) < 4.78 is 2.92. The Labute approximate surface area is 127 Å². The molecular formula is C9H4Br2Cl2OS2. The van der Waals surface area contributed by atoms with Crippen molar-refractivity contribution in [3.8, 4) is 0 Å². The van der Waals surface area contributed by atoms with Gasteiger partial charge in [0.2, 0.25) is 0 Å². The molecule has 0 radical (unpaired) electrons. The first-order valence-electron chi connectivity index (χ1n) is 4.06. The van der Waals surface area contributed by atoms with Crippen LogP contribution >= 0.6 is 77.7 Å². The van der Waals surface area contributed by atoms with Crippen LogP contribution in [-0.4, -0.2) is 5.11 Å². The Bertz CT molecular complexity index is 477. The van der Waals surface area contributed by atoms with Crippen LogP contribution in [0.3, 0.4) is 0 Å². The number of rotatable bonds is 2. The summed E-state index contributed by atoms with van der Waals surface area (Å²) in [5.41, 5.74) is 1.43. The molecular weight excluding hydrogens is 419 g/mol. The zero-order chi connectivity index (χ0) is 11.9. The molecule has 1 N–H and O–H groups in total. The summed E-state index contributed by atoms with van der Waals surface area (Å²) in [5, 5.41) is 10.2. The predicted molar refractivity (Wildman–Crippen MR) is 78.1 cm³/mol. The van der Waals surface area contributed by atoms with E-state index in [1.807, 2.05) is 6.07 Å². The molecule has 86 valence electrons. The lowest BCUT2D eigenvalue weighted by Crippen LogP contribution is -1.97. The van der Waals surface area contributed by atoms with Crippen molar-refractivity contribution in [1.29, 1.82) is 0 Å². The summed E-state index contributed by atoms with van der Waals surface area (Å²) in [6.07, 6.45) is -0.756. The van der Waals surface area contributed by atoms with Crippen molar-refractivity contribution < 1.29 is 5.11 Å². The number of thiophene rings is 2. The van der Waals surface area contributed by atoms with E-state index >= 15 is 0 Å². The molecule has 0 aromatic carbocycles. The molecule has 0 aliphatic rings. The van der Waals surface area contributed by atoms with E-state index in [0.29, 0.717) is 14.2 Å². The van der Waals surface area contributed by atoms with Gasteiger partial charge in [0.1, 0.15) is 10.4 Å². The summed E-state index contributed by atoms with van der Waals surface area (Å²) >= 11 is 21.4. The van der Waals surface area contributed by atoms with E-state index < -0.39 is 6.10 Å². The van der Waals surface area contributed by atoms with Crippen molar-refractivity contribution in [3.63, 3.8) is 0 Å². The normalized spacial score (nSPS) is 13.1. The minimum Gasteiger partial charge on any atom is -0.383 e. The molecule has 0 saturated carbocycles. The van der Waals surface area contributed by atoms with E-state index in [1.165, 1.54) is 22.7 Å². The van der Waals surface area contributed by atoms with Crippen LogP contribution in [0.25, 0.3) is 0 Å². The van der Waals surface area contributed by atoms with Crippen molar-refractivity contribution >= 4 is 77.7 Å². The number of halogens is 4. The first kappa shape index (κ1) is 13.3. The third kappa shape index (κ3) is 2.66. The fourth-order valence-electron chi connectivity index (χ4n) is 1.25. The van der Waals surface area contributed by atoms with Gasteiger partial charge in [0.05, 0.1) is 11.9 Å². The molecule has 1 atom stereocenters. The Hall–Kier alpha value is 0.900. The minimum absolute atomic E-state index is 0.520. The van der Waals surface area contributed by atoms with Crippen molar-refractivity contribution in [2.75, 3.05) is 0 Å². The molecule has 0 aliphatic heterocycles. The Balaban J connectivity index is 2.42. The highest BCUT2D eigenvalue weighted by atomic mass is 79.9. The first-order valence-corrected chi connectivity index (χ1v) is 8.04. The van der Waals surface area contributed by atoms with Crippen LogP contribution in [0.15, 0.2) is 19.7 Å². The lowest BCUT2D eigenvalue weighted by atomic mass is 10.1. The fraction of sp³-hybridized carbons (Fsp3) is 0.111. The predicted octanol–water partition coefficient (Wildman–Crippen LogP) is 5.72. The average Bonchev–Trinajstić information content (AvgIpc) is 2.68. The van der Waals surface area contributed by atoms with Gasteiger partial charge in [0.15, 0.2) is 0 Å². The van der Waals surface area contributed by atoms with E-state index in [-0.39, 0.29) is 0 Å². The molecule has 1 unspecified atom stereocenters. The van der Waals surface area contributed by atoms with Gasteiger partial charge in [-0.3, -0.25) is 0 Å². The quantitative estimate of drug-likeness (QED) is 0.655. The summed E-state index contributed by atoms with van der Waals surface area (Å²) in [4.78, 5) is 0. The van der Waals surface area contributed by atoms with Crippen LogP contribution in [0, 0.1) is 0 Å². The number of hydrogen-bond acceptors (Lipinski definition) is 3. The van der Waals surface area contributed by atoms with Crippen LogP contribution in [0.1, 0.15) is 17.2 Å². The number of aliphatic hydroxyl groups is 1. The second-order valence-corrected chi connectivity index (χ2v) is 9.00. The molecule has 2 rings (SSSR count). The van der Waals surface area contributed by atoms with E-state index in [0.717, 1.165) is 13.1 Å². The molecule has 0 fully saturated rings. The zero-order valence-electron chi connectivity index (χ0n) is 7.51. The molecule has 0 amide bonds. The van der Waals surface area contributed by atoms with Gasteiger partial charge >= 0.3 is 0 Å². The van der Waals surface area contributed by atoms with Crippen molar-refractivity contribution in [2.45, 2.75) is 6.10 Å². The summed E-state index contributed by atoms with van der Waals surface area (Å²) in [5.74, 6) is 0. The SMILES string of the molecule is OC(c1cc(Cl)sc1Cl)c1cc(Br)sc1Br. The summed E-state index contributed by atoms with van der Waals surface area (Å²) in [7, 11) is 0. The minimum atomic E-state index is -0.756. The van der Waals surface area contributed by atoms with Crippen LogP contribution < -0.4 is 0 Å². The maximum absolute atomic E-state index is 10.2. The van der Waals surface area contributed by atoms with Gasteiger partial charge in [-0.1, -0.05) is 23.2 Å². The number of aliphatic hydroxyl groups excluding tert-OH is 1. The Morgan fingerprint density at radius 1 is 1.12 bits per heavy atom. The van der Waals surface area contributed by atoms with Gasteiger partial charge in [-0.2, -0.15) is 0 Å². The van der Waals surface area contributed by atoms with Crippen LogP contribution in [0.4, 0.5) is 0 Å². The lowest BCUT2D eigenvalue weighted by Gasteiger charge is -2.08. The highest BCUT2D eigenvalue weighted by Crippen LogP contribution is 2.42. The molecule has 0 spiro atoms. The molecule has 16 heavy (non-hydrogen) atoms. The second-order valence-electron chi connectivity index (χ2n) is 2.96. The average molecular weight is 423 g/mol. The van der Waals surface area contributed by atoms with Crippen LogP contribution in [-0.2, 0) is 0 Å². The van der Waals surface area contributed by atoms with E-state index in [4.69, 9.17) is 23.2 Å². The lowest BCUT2D eigenvalue weighted by molar-refractivity contribution is 0.220. The second kappa shape index (κ2) is 5.26. The maximum atomic E-state index is 10.2. The molecule has 2 heterocycles. The van der Waals surface area contributed by atoms with Crippen molar-refractivity contribution in [3.05, 3.63) is 39.5 Å². The van der Waals surface area contributed by atoms with Crippen molar-refractivity contribution in [2.24, 2.45) is 0 Å². The van der Waals surface area contributed by atoms with Crippen LogP contribution in [0.2, 0.25) is 8.67 Å². The molecule has 1 nitrogen and oxygen atoms in total. The topological polar surface area (TPSA) is 20.2 Å². The Morgan fingerprint density at radius 2 is 1.81 bits per heavy atom. The monoisotopic (exact) mass is 420 g/mol. The third-order valence-electron chi connectivity index (χ3n) is 1.96. The van der Waals surface area contributed by atoms with E-state index in [2.05, 4.69) is 31.9 Å². The molecule has 0 saturated heterocycles. The zero-order valence-corrected chi connectivity index (χ0v) is 13.8. The van der Waals surface area contributed by atoms with Gasteiger partial charge in [0, 0.05) is 11.1 Å². The maximum Gasteiger partial charge on any atom is 0.108 e. The largest absolute Gasteiger partial charge is 0.383 e. The first-order chi connectivity index (χ1) is 7.49. The third-order valence-corrected chi connectivity index (χ3v) is 5.86. The standard InChI is InChI=1S/C9H4Br2Cl2OS2/c10-5-1-3(8(11)15-5)7(14)4-2-6(12)16-9(4)13/h1-2,7,14H. The van der Waals surface area contributed by atoms with Gasteiger partial charge in [0.25, 0.3) is 0 Å². The van der Waals surface area contributed by atoms with Gasteiger partial charge in [-0.15, -0.1) is 22.7 Å².